The van der Waals surface area contributed by atoms with Gasteiger partial charge in [-0.3, -0.25) is 9.69 Å². The van der Waals surface area contributed by atoms with Crippen LogP contribution in [0.2, 0.25) is 0 Å². The predicted octanol–water partition coefficient (Wildman–Crippen LogP) is 2.28. The molecule has 0 bridgehead atoms. The molecule has 4 heteroatoms. The second-order valence-electron chi connectivity index (χ2n) is 8.28. The molecule has 2 aliphatic rings. The van der Waals surface area contributed by atoms with Gasteiger partial charge in [0.25, 0.3) is 0 Å². The van der Waals surface area contributed by atoms with Gasteiger partial charge in [-0.1, -0.05) is 0 Å². The van der Waals surface area contributed by atoms with Gasteiger partial charge in [-0.2, -0.15) is 0 Å². The molecule has 0 aromatic rings. The second-order valence-corrected chi connectivity index (χ2v) is 8.28. The average Bonchev–Trinajstić information content (AvgIpc) is 2.31. The molecule has 116 valence electrons. The second kappa shape index (κ2) is 4.99. The van der Waals surface area contributed by atoms with E-state index < -0.39 is 0 Å². The van der Waals surface area contributed by atoms with Crippen molar-refractivity contribution in [2.45, 2.75) is 71.1 Å². The smallest absolute Gasteiger partial charge is 0.249 e. The quantitative estimate of drug-likeness (QED) is 0.683. The van der Waals surface area contributed by atoms with Crippen molar-refractivity contribution in [3.05, 3.63) is 0 Å². The Hall–Kier alpha value is -0.610. The Kier molecular flexibility index (Phi) is 3.93. The van der Waals surface area contributed by atoms with E-state index >= 15 is 0 Å². The molecule has 4 nitrogen and oxygen atoms in total. The van der Waals surface area contributed by atoms with Crippen LogP contribution in [-0.2, 0) is 9.53 Å². The monoisotopic (exact) mass is 282 g/mol. The van der Waals surface area contributed by atoms with Crippen molar-refractivity contribution in [2.75, 3.05) is 26.2 Å². The molecule has 1 spiro atoms. The standard InChI is InChI=1S/C16H30N2O2/c1-14(2,3)17-9-7-16(8-10-17)12-18(15(4,5)6)13(19)11-20-16/h7-12H2,1-6H3. The lowest BCUT2D eigenvalue weighted by Gasteiger charge is -2.52. The minimum Gasteiger partial charge on any atom is -0.363 e. The topological polar surface area (TPSA) is 32.8 Å². The van der Waals surface area contributed by atoms with E-state index in [2.05, 4.69) is 46.4 Å². The number of nitrogens with zero attached hydrogens (tertiary/aromatic N) is 2. The van der Waals surface area contributed by atoms with Crippen molar-refractivity contribution in [2.24, 2.45) is 0 Å². The summed E-state index contributed by atoms with van der Waals surface area (Å²) in [5.41, 5.74) is -0.0201. The summed E-state index contributed by atoms with van der Waals surface area (Å²) < 4.78 is 5.99. The molecule has 20 heavy (non-hydrogen) atoms. The minimum atomic E-state index is -0.122. The van der Waals surface area contributed by atoms with E-state index in [1.165, 1.54) is 0 Å². The van der Waals surface area contributed by atoms with Crippen LogP contribution in [0, 0.1) is 0 Å². The highest BCUT2D eigenvalue weighted by Gasteiger charge is 2.45. The van der Waals surface area contributed by atoms with Crippen LogP contribution in [0.1, 0.15) is 54.4 Å². The Morgan fingerprint density at radius 1 is 1.00 bits per heavy atom. The number of hydrogen-bond donors (Lipinski definition) is 0. The minimum absolute atomic E-state index is 0.116. The molecule has 0 N–H and O–H groups in total. The third-order valence-electron chi connectivity index (χ3n) is 4.68. The molecule has 0 aliphatic carbocycles. The lowest BCUT2D eigenvalue weighted by molar-refractivity contribution is -0.182. The molecule has 0 aromatic carbocycles. The van der Waals surface area contributed by atoms with Gasteiger partial charge in [-0.25, -0.2) is 0 Å². The number of amides is 1. The van der Waals surface area contributed by atoms with Crippen LogP contribution < -0.4 is 0 Å². The Morgan fingerprint density at radius 3 is 2.00 bits per heavy atom. The zero-order valence-electron chi connectivity index (χ0n) is 14.0. The van der Waals surface area contributed by atoms with Crippen molar-refractivity contribution in [1.29, 1.82) is 0 Å². The molecule has 2 rings (SSSR count). The van der Waals surface area contributed by atoms with Crippen LogP contribution in [0.5, 0.6) is 0 Å². The van der Waals surface area contributed by atoms with Gasteiger partial charge in [0.1, 0.15) is 6.61 Å². The maximum absolute atomic E-state index is 12.1. The van der Waals surface area contributed by atoms with Gasteiger partial charge >= 0.3 is 0 Å². The maximum Gasteiger partial charge on any atom is 0.249 e. The number of piperidine rings is 1. The molecule has 1 amide bonds. The SMILES string of the molecule is CC(C)(C)N1CCC2(CC1)CN(C(C)(C)C)C(=O)CO2. The summed E-state index contributed by atoms with van der Waals surface area (Å²) in [4.78, 5) is 16.6. The predicted molar refractivity (Wildman–Crippen MR) is 80.7 cm³/mol. The average molecular weight is 282 g/mol. The molecule has 0 saturated carbocycles. The maximum atomic E-state index is 12.1. The Balaban J connectivity index is 2.05. The van der Waals surface area contributed by atoms with Crippen LogP contribution in [0.15, 0.2) is 0 Å². The van der Waals surface area contributed by atoms with E-state index in [0.29, 0.717) is 0 Å². The number of carbonyl (C=O) groups excluding carboxylic acids is 1. The number of likely N-dealkylation sites (tertiary alicyclic amines) is 1. The third-order valence-corrected chi connectivity index (χ3v) is 4.68. The Labute approximate surface area is 123 Å². The van der Waals surface area contributed by atoms with Crippen LogP contribution in [0.3, 0.4) is 0 Å². The number of morpholine rings is 1. The highest BCUT2D eigenvalue weighted by atomic mass is 16.5. The first kappa shape index (κ1) is 15.8. The molecule has 0 unspecified atom stereocenters. The first-order chi connectivity index (χ1) is 9.04. The summed E-state index contributed by atoms with van der Waals surface area (Å²) in [5, 5.41) is 0. The van der Waals surface area contributed by atoms with E-state index in [9.17, 15) is 4.79 Å². The van der Waals surface area contributed by atoms with Crippen molar-refractivity contribution >= 4 is 5.91 Å². The molecule has 2 saturated heterocycles. The molecule has 0 atom stereocenters. The summed E-state index contributed by atoms with van der Waals surface area (Å²) in [6.07, 6.45) is 2.04. The highest BCUT2D eigenvalue weighted by Crippen LogP contribution is 2.35. The zero-order valence-corrected chi connectivity index (χ0v) is 14.0. The number of carbonyl (C=O) groups is 1. The Morgan fingerprint density at radius 2 is 1.55 bits per heavy atom. The summed E-state index contributed by atoms with van der Waals surface area (Å²) >= 11 is 0. The number of rotatable bonds is 0. The zero-order chi connectivity index (χ0) is 15.2. The first-order valence-electron chi connectivity index (χ1n) is 7.73. The van der Waals surface area contributed by atoms with Crippen LogP contribution in [-0.4, -0.2) is 58.6 Å². The van der Waals surface area contributed by atoms with Gasteiger partial charge in [0.15, 0.2) is 0 Å². The number of ether oxygens (including phenoxy) is 1. The van der Waals surface area contributed by atoms with Gasteiger partial charge in [0.05, 0.1) is 12.1 Å². The molecule has 2 aliphatic heterocycles. The van der Waals surface area contributed by atoms with Crippen molar-refractivity contribution < 1.29 is 9.53 Å². The lowest BCUT2D eigenvalue weighted by atomic mass is 9.86. The van der Waals surface area contributed by atoms with E-state index in [0.717, 1.165) is 32.5 Å². The number of hydrogen-bond acceptors (Lipinski definition) is 3. The van der Waals surface area contributed by atoms with Crippen molar-refractivity contribution in [3.8, 4) is 0 Å². The van der Waals surface area contributed by atoms with E-state index in [4.69, 9.17) is 4.74 Å². The van der Waals surface area contributed by atoms with Gasteiger partial charge in [0, 0.05) is 24.2 Å². The molecule has 2 heterocycles. The molecule has 2 fully saturated rings. The largest absolute Gasteiger partial charge is 0.363 e. The molecule has 0 aromatic heterocycles. The fraction of sp³-hybridized carbons (Fsp3) is 0.938. The van der Waals surface area contributed by atoms with Gasteiger partial charge in [0.2, 0.25) is 5.91 Å². The van der Waals surface area contributed by atoms with Crippen LogP contribution in [0.25, 0.3) is 0 Å². The summed E-state index contributed by atoms with van der Waals surface area (Å²) in [5.74, 6) is 0.126. The fourth-order valence-electron chi connectivity index (χ4n) is 3.21. The normalized spacial score (nSPS) is 25.3. The van der Waals surface area contributed by atoms with Gasteiger partial charge in [-0.15, -0.1) is 0 Å². The Bertz CT molecular complexity index is 371. The fourth-order valence-corrected chi connectivity index (χ4v) is 3.21. The van der Waals surface area contributed by atoms with Crippen molar-refractivity contribution in [3.63, 3.8) is 0 Å². The summed E-state index contributed by atoms with van der Waals surface area (Å²) in [7, 11) is 0. The summed E-state index contributed by atoms with van der Waals surface area (Å²) in [6.45, 7) is 16.2. The van der Waals surface area contributed by atoms with E-state index in [-0.39, 0.29) is 29.2 Å². The molecule has 0 radical (unpaired) electrons. The lowest BCUT2D eigenvalue weighted by Crippen LogP contribution is -2.63. The van der Waals surface area contributed by atoms with Crippen LogP contribution >= 0.6 is 0 Å². The highest BCUT2D eigenvalue weighted by molar-refractivity contribution is 5.79. The molecular weight excluding hydrogens is 252 g/mol. The third kappa shape index (κ3) is 3.17. The summed E-state index contributed by atoms with van der Waals surface area (Å²) in [6, 6.07) is 0. The van der Waals surface area contributed by atoms with Gasteiger partial charge < -0.3 is 9.64 Å². The van der Waals surface area contributed by atoms with Crippen LogP contribution in [0.4, 0.5) is 0 Å². The van der Waals surface area contributed by atoms with E-state index in [1.54, 1.807) is 0 Å². The first-order valence-corrected chi connectivity index (χ1v) is 7.73. The van der Waals surface area contributed by atoms with Gasteiger partial charge in [-0.05, 0) is 54.4 Å². The van der Waals surface area contributed by atoms with E-state index in [1.807, 2.05) is 4.90 Å². The molecular formula is C16H30N2O2. The van der Waals surface area contributed by atoms with Crippen molar-refractivity contribution in [1.82, 2.24) is 9.80 Å².